The van der Waals surface area contributed by atoms with Gasteiger partial charge < -0.3 is 15.5 Å². The molecule has 0 aromatic heterocycles. The summed E-state index contributed by atoms with van der Waals surface area (Å²) in [6.45, 7) is 1.05. The maximum absolute atomic E-state index is 13.6. The number of hydrogen-bond donors (Lipinski definition) is 2. The van der Waals surface area contributed by atoms with E-state index >= 15 is 0 Å². The topological polar surface area (TPSA) is 61.4 Å². The van der Waals surface area contributed by atoms with Gasteiger partial charge in [-0.3, -0.25) is 9.59 Å². The molecule has 2 aliphatic rings. The zero-order chi connectivity index (χ0) is 29.9. The van der Waals surface area contributed by atoms with Gasteiger partial charge in [-0.1, -0.05) is 78.2 Å². The predicted molar refractivity (Wildman–Crippen MR) is 159 cm³/mol. The van der Waals surface area contributed by atoms with Crippen molar-refractivity contribution in [3.8, 4) is 11.1 Å². The van der Waals surface area contributed by atoms with E-state index in [9.17, 15) is 22.8 Å². The molecule has 0 bridgehead atoms. The van der Waals surface area contributed by atoms with Crippen molar-refractivity contribution in [2.24, 2.45) is 0 Å². The molecular formula is C32H32Cl2F3N3O2. The quantitative estimate of drug-likeness (QED) is 0.254. The number of piperidine rings is 1. The maximum Gasteiger partial charge on any atom is 0.405 e. The summed E-state index contributed by atoms with van der Waals surface area (Å²) in [5, 5.41) is 6.04. The fraction of sp³-hybridized carbons (Fsp3) is 0.375. The number of unbranched alkanes of at least 4 members (excludes halogenated alkanes) is 1. The summed E-state index contributed by atoms with van der Waals surface area (Å²) in [6, 6.07) is 19.8. The molecule has 0 saturated carbocycles. The lowest BCUT2D eigenvalue weighted by Crippen LogP contribution is -2.47. The number of benzene rings is 3. The van der Waals surface area contributed by atoms with E-state index in [2.05, 4.69) is 15.5 Å². The fourth-order valence-electron chi connectivity index (χ4n) is 6.25. The highest BCUT2D eigenvalue weighted by Gasteiger charge is 2.49. The van der Waals surface area contributed by atoms with E-state index in [1.165, 1.54) is 0 Å². The van der Waals surface area contributed by atoms with Crippen LogP contribution in [0.2, 0.25) is 10.0 Å². The third-order valence-electron chi connectivity index (χ3n) is 8.28. The summed E-state index contributed by atoms with van der Waals surface area (Å²) >= 11 is 12.1. The number of hydrogen-bond acceptors (Lipinski definition) is 3. The zero-order valence-electron chi connectivity index (χ0n) is 22.9. The Hall–Kier alpha value is -3.07. The predicted octanol–water partition coefficient (Wildman–Crippen LogP) is 7.00. The number of halogens is 5. The minimum Gasteiger partial charge on any atom is -0.349 e. The van der Waals surface area contributed by atoms with Crippen molar-refractivity contribution < 1.29 is 22.8 Å². The molecule has 5 nitrogen and oxygen atoms in total. The Morgan fingerprint density at radius 2 is 1.52 bits per heavy atom. The third kappa shape index (κ3) is 6.46. The summed E-state index contributed by atoms with van der Waals surface area (Å²) in [6.07, 6.45) is -1.06. The highest BCUT2D eigenvalue weighted by molar-refractivity contribution is 6.36. The molecule has 0 unspecified atom stereocenters. The average Bonchev–Trinajstić information content (AvgIpc) is 3.25. The van der Waals surface area contributed by atoms with E-state index in [4.69, 9.17) is 23.2 Å². The first kappa shape index (κ1) is 30.4. The van der Waals surface area contributed by atoms with Crippen molar-refractivity contribution in [3.63, 3.8) is 0 Å². The Labute approximate surface area is 253 Å². The summed E-state index contributed by atoms with van der Waals surface area (Å²) < 4.78 is 39.3. The molecule has 2 amide bonds. The Bertz CT molecular complexity index is 1410. The molecular weight excluding hydrogens is 586 g/mol. The van der Waals surface area contributed by atoms with Crippen LogP contribution in [0.15, 0.2) is 66.7 Å². The second kappa shape index (κ2) is 12.7. The van der Waals surface area contributed by atoms with Crippen LogP contribution >= 0.6 is 23.2 Å². The number of rotatable bonds is 9. The van der Waals surface area contributed by atoms with E-state index in [1.807, 2.05) is 48.5 Å². The molecule has 10 heteroatoms. The van der Waals surface area contributed by atoms with Gasteiger partial charge in [0.1, 0.15) is 12.0 Å². The largest absolute Gasteiger partial charge is 0.405 e. The van der Waals surface area contributed by atoms with Gasteiger partial charge in [-0.25, -0.2) is 0 Å². The Kier molecular flexibility index (Phi) is 9.16. The van der Waals surface area contributed by atoms with Crippen molar-refractivity contribution >= 4 is 35.0 Å². The summed E-state index contributed by atoms with van der Waals surface area (Å²) in [7, 11) is 0. The first-order valence-corrected chi connectivity index (χ1v) is 14.9. The van der Waals surface area contributed by atoms with Gasteiger partial charge in [0.05, 0.1) is 10.6 Å². The second-order valence-electron chi connectivity index (χ2n) is 11.0. The molecule has 222 valence electrons. The van der Waals surface area contributed by atoms with Crippen molar-refractivity contribution in [2.75, 3.05) is 26.2 Å². The number of nitrogens with one attached hydrogen (secondary N) is 2. The lowest BCUT2D eigenvalue weighted by Gasteiger charge is -2.33. The van der Waals surface area contributed by atoms with E-state index < -0.39 is 24.0 Å². The van der Waals surface area contributed by atoms with Crippen molar-refractivity contribution in [1.82, 2.24) is 15.5 Å². The van der Waals surface area contributed by atoms with Gasteiger partial charge >= 0.3 is 6.18 Å². The molecule has 0 spiro atoms. The number of carbonyl (C=O) groups excluding carboxylic acids is 2. The van der Waals surface area contributed by atoms with Gasteiger partial charge in [0.15, 0.2) is 0 Å². The van der Waals surface area contributed by atoms with Crippen molar-refractivity contribution in [3.05, 3.63) is 93.5 Å². The summed E-state index contributed by atoms with van der Waals surface area (Å²) in [5.41, 5.74) is 2.50. The Morgan fingerprint density at radius 1 is 0.905 bits per heavy atom. The standard InChI is InChI=1S/C32H32Cl2F3N3O2/c33-21-11-12-25(28(34)19-21)29(41)39-22-13-17-40(18-14-22)16-6-5-15-31(30(42)38-20-32(35,36)37)26-9-3-1-7-23(26)24-8-2-4-10-27(24)31/h1-4,7-12,19,22H,5-6,13-18,20H2,(H,38,42)(H,39,41). The number of nitrogens with zero attached hydrogens (tertiary/aromatic N) is 1. The highest BCUT2D eigenvalue weighted by atomic mass is 35.5. The smallest absolute Gasteiger partial charge is 0.349 e. The molecule has 2 N–H and O–H groups in total. The van der Waals surface area contributed by atoms with Gasteiger partial charge in [0.25, 0.3) is 5.91 Å². The van der Waals surface area contributed by atoms with Crippen molar-refractivity contribution in [1.29, 1.82) is 0 Å². The minimum absolute atomic E-state index is 0.0348. The molecule has 42 heavy (non-hydrogen) atoms. The number of fused-ring (bicyclic) bond motifs is 3. The number of amides is 2. The molecule has 3 aromatic carbocycles. The zero-order valence-corrected chi connectivity index (χ0v) is 24.5. The van der Waals surface area contributed by atoms with Gasteiger partial charge in [0.2, 0.25) is 5.91 Å². The SMILES string of the molecule is O=C(NC1CCN(CCCCC2(C(=O)NCC(F)(F)F)c3ccccc3-c3ccccc32)CC1)c1ccc(Cl)cc1Cl. The van der Waals surface area contributed by atoms with E-state index in [-0.39, 0.29) is 11.9 Å². The molecule has 5 rings (SSSR count). The van der Waals surface area contributed by atoms with Crippen LogP contribution in [0.1, 0.15) is 53.6 Å². The minimum atomic E-state index is -4.50. The molecule has 3 aromatic rings. The van der Waals surface area contributed by atoms with Crippen molar-refractivity contribution in [2.45, 2.75) is 49.7 Å². The number of likely N-dealkylation sites (tertiary alicyclic amines) is 1. The van der Waals surface area contributed by atoms with Gasteiger partial charge in [-0.05, 0) is 72.7 Å². The Balaban J connectivity index is 1.20. The number of alkyl halides is 3. The first-order valence-electron chi connectivity index (χ1n) is 14.1. The monoisotopic (exact) mass is 617 g/mol. The Morgan fingerprint density at radius 3 is 2.12 bits per heavy atom. The van der Waals surface area contributed by atoms with Crippen LogP contribution in [0.5, 0.6) is 0 Å². The molecule has 1 heterocycles. The van der Waals surface area contributed by atoms with Gasteiger partial charge in [-0.15, -0.1) is 0 Å². The second-order valence-corrected chi connectivity index (χ2v) is 11.8. The van der Waals surface area contributed by atoms with Crippen LogP contribution in [0.4, 0.5) is 13.2 Å². The molecule has 0 atom stereocenters. The fourth-order valence-corrected chi connectivity index (χ4v) is 6.74. The average molecular weight is 619 g/mol. The van der Waals surface area contributed by atoms with E-state index in [0.717, 1.165) is 61.2 Å². The van der Waals surface area contributed by atoms with Crippen LogP contribution in [-0.4, -0.2) is 55.1 Å². The first-order chi connectivity index (χ1) is 20.1. The molecule has 1 aliphatic carbocycles. The highest BCUT2D eigenvalue weighted by Crippen LogP contribution is 2.51. The summed E-state index contributed by atoms with van der Waals surface area (Å²) in [4.78, 5) is 28.6. The lowest BCUT2D eigenvalue weighted by molar-refractivity contribution is -0.141. The normalized spacial score (nSPS) is 16.5. The lowest BCUT2D eigenvalue weighted by atomic mass is 9.73. The van der Waals surface area contributed by atoms with Crippen LogP contribution in [0.25, 0.3) is 11.1 Å². The number of carbonyl (C=O) groups is 2. The maximum atomic E-state index is 13.6. The van der Waals surface area contributed by atoms with Gasteiger partial charge in [-0.2, -0.15) is 13.2 Å². The molecule has 1 fully saturated rings. The van der Waals surface area contributed by atoms with Crippen LogP contribution in [0, 0.1) is 0 Å². The van der Waals surface area contributed by atoms with Crippen LogP contribution in [-0.2, 0) is 10.2 Å². The van der Waals surface area contributed by atoms with E-state index in [0.29, 0.717) is 28.5 Å². The van der Waals surface area contributed by atoms with Crippen LogP contribution < -0.4 is 10.6 Å². The summed E-state index contributed by atoms with van der Waals surface area (Å²) in [5.74, 6) is -0.837. The van der Waals surface area contributed by atoms with Crippen LogP contribution in [0.3, 0.4) is 0 Å². The van der Waals surface area contributed by atoms with Gasteiger partial charge in [0, 0.05) is 24.2 Å². The molecule has 1 aliphatic heterocycles. The molecule has 0 radical (unpaired) electrons. The third-order valence-corrected chi connectivity index (χ3v) is 8.82. The molecule has 1 saturated heterocycles. The van der Waals surface area contributed by atoms with E-state index in [1.54, 1.807) is 18.2 Å².